The van der Waals surface area contributed by atoms with Crippen LogP contribution in [0.5, 0.6) is 0 Å². The van der Waals surface area contributed by atoms with Gasteiger partial charge in [-0.3, -0.25) is 4.79 Å². The van der Waals surface area contributed by atoms with Gasteiger partial charge in [0.05, 0.1) is 14.1 Å². The van der Waals surface area contributed by atoms with Crippen molar-refractivity contribution in [2.24, 2.45) is 0 Å². The lowest BCUT2D eigenvalue weighted by Gasteiger charge is -2.10. The van der Waals surface area contributed by atoms with Crippen LogP contribution < -0.4 is 10.3 Å². The van der Waals surface area contributed by atoms with Crippen LogP contribution >= 0.6 is 11.3 Å². The highest BCUT2D eigenvalue weighted by Crippen LogP contribution is 2.26. The first-order valence-electron chi connectivity index (χ1n) is 6.39. The fourth-order valence-electron chi connectivity index (χ4n) is 2.40. The quantitative estimate of drug-likeness (QED) is 0.707. The highest BCUT2D eigenvalue weighted by atomic mass is 32.1. The molecule has 0 unspecified atom stereocenters. The Bertz CT molecular complexity index is 805. The molecule has 2 nitrogen and oxygen atoms in total. The van der Waals surface area contributed by atoms with Gasteiger partial charge in [-0.05, 0) is 18.2 Å². The topological polar surface area (TPSA) is 21.5 Å². The molecule has 3 heteroatoms. The highest BCUT2D eigenvalue weighted by molar-refractivity contribution is 7.24. The molecule has 19 heavy (non-hydrogen) atoms. The summed E-state index contributed by atoms with van der Waals surface area (Å²) in [5, 5.41) is 1.68. The summed E-state index contributed by atoms with van der Waals surface area (Å²) in [5.74, 6) is 0. The first-order chi connectivity index (χ1) is 9.16. The number of nitrogens with one attached hydrogen (secondary N) is 1. The molecular weight excluding hydrogens is 254 g/mol. The van der Waals surface area contributed by atoms with Crippen LogP contribution in [0.15, 0.2) is 47.3 Å². The molecule has 3 rings (SSSR count). The van der Waals surface area contributed by atoms with E-state index in [4.69, 9.17) is 0 Å². The van der Waals surface area contributed by atoms with Gasteiger partial charge in [0.2, 0.25) is 0 Å². The predicted octanol–water partition coefficient (Wildman–Crippen LogP) is 2.06. The third kappa shape index (κ3) is 2.15. The summed E-state index contributed by atoms with van der Waals surface area (Å²) in [7, 11) is 4.26. The van der Waals surface area contributed by atoms with Crippen molar-refractivity contribution in [3.63, 3.8) is 0 Å². The molecule has 0 aliphatic rings. The molecule has 0 atom stereocenters. The molecule has 0 saturated heterocycles. The van der Waals surface area contributed by atoms with E-state index in [2.05, 4.69) is 20.2 Å². The third-order valence-corrected chi connectivity index (χ3v) is 4.49. The lowest BCUT2D eigenvalue weighted by atomic mass is 10.1. The Hall–Kier alpha value is -1.71. The summed E-state index contributed by atoms with van der Waals surface area (Å²) in [6.07, 6.45) is 0. The zero-order valence-electron chi connectivity index (χ0n) is 11.1. The van der Waals surface area contributed by atoms with Crippen LogP contribution in [0.1, 0.15) is 5.56 Å². The van der Waals surface area contributed by atoms with Gasteiger partial charge in [-0.2, -0.15) is 0 Å². The molecule has 0 bridgehead atoms. The predicted molar refractivity (Wildman–Crippen MR) is 82.1 cm³/mol. The second kappa shape index (κ2) is 4.76. The summed E-state index contributed by atoms with van der Waals surface area (Å²) >= 11 is 1.72. The minimum Gasteiger partial charge on any atom is -0.336 e. The van der Waals surface area contributed by atoms with Crippen molar-refractivity contribution in [3.05, 3.63) is 58.3 Å². The summed E-state index contributed by atoms with van der Waals surface area (Å²) < 4.78 is 2.20. The zero-order valence-corrected chi connectivity index (χ0v) is 11.9. The number of benzene rings is 2. The number of fused-ring (bicyclic) bond motifs is 2. The van der Waals surface area contributed by atoms with E-state index in [1.54, 1.807) is 11.3 Å². The zero-order chi connectivity index (χ0) is 13.4. The van der Waals surface area contributed by atoms with Crippen molar-refractivity contribution in [2.75, 3.05) is 14.1 Å². The van der Waals surface area contributed by atoms with E-state index in [0.29, 0.717) is 0 Å². The van der Waals surface area contributed by atoms with E-state index < -0.39 is 0 Å². The van der Waals surface area contributed by atoms with Crippen LogP contribution in [0.3, 0.4) is 0 Å². The van der Waals surface area contributed by atoms with Gasteiger partial charge in [-0.15, -0.1) is 11.3 Å². The monoisotopic (exact) mass is 270 g/mol. The van der Waals surface area contributed by atoms with Crippen LogP contribution in [-0.2, 0) is 6.54 Å². The second-order valence-electron chi connectivity index (χ2n) is 5.11. The summed E-state index contributed by atoms with van der Waals surface area (Å²) in [6.45, 7) is 0.936. The molecule has 0 fully saturated rings. The van der Waals surface area contributed by atoms with Crippen LogP contribution in [0.4, 0.5) is 0 Å². The smallest absolute Gasteiger partial charge is 0.195 e. The molecule has 1 N–H and O–H groups in total. The number of quaternary nitrogens is 1. The molecular formula is C16H16NOS+. The van der Waals surface area contributed by atoms with Gasteiger partial charge in [-0.25, -0.2) is 0 Å². The molecule has 96 valence electrons. The maximum absolute atomic E-state index is 12.5. The van der Waals surface area contributed by atoms with Gasteiger partial charge in [0.1, 0.15) is 6.54 Å². The van der Waals surface area contributed by atoms with Crippen molar-refractivity contribution >= 4 is 31.5 Å². The van der Waals surface area contributed by atoms with Crippen molar-refractivity contribution in [1.82, 2.24) is 0 Å². The van der Waals surface area contributed by atoms with Crippen LogP contribution in [0.2, 0.25) is 0 Å². The molecule has 1 aromatic heterocycles. The van der Waals surface area contributed by atoms with Crippen molar-refractivity contribution < 1.29 is 4.90 Å². The SMILES string of the molecule is C[NH+](C)Cc1cccc2c(=O)c3ccccc3sc12. The number of hydrogen-bond acceptors (Lipinski definition) is 2. The van der Waals surface area contributed by atoms with Crippen molar-refractivity contribution in [3.8, 4) is 0 Å². The minimum atomic E-state index is 0.153. The van der Waals surface area contributed by atoms with E-state index >= 15 is 0 Å². The first-order valence-corrected chi connectivity index (χ1v) is 7.21. The molecule has 3 aromatic rings. The average molecular weight is 270 g/mol. The lowest BCUT2D eigenvalue weighted by molar-refractivity contribution is -0.872. The Labute approximate surface area is 115 Å². The van der Waals surface area contributed by atoms with Crippen molar-refractivity contribution in [1.29, 1.82) is 0 Å². The van der Waals surface area contributed by atoms with Gasteiger partial charge < -0.3 is 4.90 Å². The van der Waals surface area contributed by atoms with E-state index in [0.717, 1.165) is 26.7 Å². The molecule has 0 aliphatic carbocycles. The fourth-order valence-corrected chi connectivity index (χ4v) is 3.58. The van der Waals surface area contributed by atoms with E-state index in [1.807, 2.05) is 36.4 Å². The minimum absolute atomic E-state index is 0.153. The van der Waals surface area contributed by atoms with Crippen LogP contribution in [0, 0.1) is 0 Å². The Morgan fingerprint density at radius 3 is 2.53 bits per heavy atom. The molecule has 0 radical (unpaired) electrons. The lowest BCUT2D eigenvalue weighted by Crippen LogP contribution is -3.04. The Balaban J connectivity index is 2.41. The molecule has 2 aromatic carbocycles. The second-order valence-corrected chi connectivity index (χ2v) is 6.16. The summed E-state index contributed by atoms with van der Waals surface area (Å²) in [5.41, 5.74) is 1.41. The van der Waals surface area contributed by atoms with Gasteiger partial charge in [0.25, 0.3) is 0 Å². The van der Waals surface area contributed by atoms with Gasteiger partial charge in [0.15, 0.2) is 5.43 Å². The van der Waals surface area contributed by atoms with Gasteiger partial charge in [-0.1, -0.05) is 24.3 Å². The maximum atomic E-state index is 12.5. The average Bonchev–Trinajstić information content (AvgIpc) is 2.40. The van der Waals surface area contributed by atoms with E-state index in [9.17, 15) is 4.79 Å². The van der Waals surface area contributed by atoms with E-state index in [1.165, 1.54) is 10.5 Å². The number of hydrogen-bond donors (Lipinski definition) is 1. The first kappa shape index (κ1) is 12.3. The molecule has 0 saturated carbocycles. The number of rotatable bonds is 2. The summed E-state index contributed by atoms with van der Waals surface area (Å²) in [6, 6.07) is 13.9. The third-order valence-electron chi connectivity index (χ3n) is 3.23. The fraction of sp³-hybridized carbons (Fsp3) is 0.188. The Kier molecular flexibility index (Phi) is 3.09. The largest absolute Gasteiger partial charge is 0.336 e. The molecule has 0 spiro atoms. The molecule has 0 amide bonds. The molecule has 0 aliphatic heterocycles. The Morgan fingerprint density at radius 2 is 1.74 bits per heavy atom. The molecule has 1 heterocycles. The van der Waals surface area contributed by atoms with Crippen molar-refractivity contribution in [2.45, 2.75) is 6.54 Å². The normalized spacial score (nSPS) is 11.5. The highest BCUT2D eigenvalue weighted by Gasteiger charge is 2.10. The van der Waals surface area contributed by atoms with Gasteiger partial charge >= 0.3 is 0 Å². The van der Waals surface area contributed by atoms with E-state index in [-0.39, 0.29) is 5.43 Å². The van der Waals surface area contributed by atoms with Crippen LogP contribution in [0.25, 0.3) is 20.2 Å². The standard InChI is InChI=1S/C16H15NOS/c1-17(2)10-11-6-5-8-13-15(18)12-7-3-4-9-14(12)19-16(11)13/h3-9H,10H2,1-2H3/p+1. The Morgan fingerprint density at radius 1 is 1.00 bits per heavy atom. The summed E-state index contributed by atoms with van der Waals surface area (Å²) in [4.78, 5) is 13.9. The maximum Gasteiger partial charge on any atom is 0.195 e. The van der Waals surface area contributed by atoms with Crippen LogP contribution in [-0.4, -0.2) is 14.1 Å². The van der Waals surface area contributed by atoms with Gasteiger partial charge in [0, 0.05) is 25.7 Å².